The summed E-state index contributed by atoms with van der Waals surface area (Å²) < 4.78 is 19.3. The number of carbonyl (C=O) groups is 1. The average molecular weight is 358 g/mol. The van der Waals surface area contributed by atoms with Crippen molar-refractivity contribution >= 4 is 21.7 Å². The molecule has 116 valence electrons. The quantitative estimate of drug-likeness (QED) is 0.810. The topological polar surface area (TPSA) is 29.5 Å². The molecule has 0 saturated carbocycles. The van der Waals surface area contributed by atoms with Gasteiger partial charge in [0.1, 0.15) is 5.82 Å². The molecular weight excluding hydrogens is 337 g/mol. The van der Waals surface area contributed by atoms with Gasteiger partial charge in [0.15, 0.2) is 5.78 Å². The van der Waals surface area contributed by atoms with Crippen LogP contribution in [-0.4, -0.2) is 42.5 Å². The molecule has 1 fully saturated rings. The van der Waals surface area contributed by atoms with E-state index in [-0.39, 0.29) is 18.0 Å². The van der Waals surface area contributed by atoms with Gasteiger partial charge < -0.3 is 4.74 Å². The number of morpholine rings is 1. The zero-order chi connectivity index (χ0) is 15.5. The van der Waals surface area contributed by atoms with E-state index in [1.807, 2.05) is 13.8 Å². The monoisotopic (exact) mass is 357 g/mol. The van der Waals surface area contributed by atoms with Crippen molar-refractivity contribution in [3.8, 4) is 0 Å². The first-order valence-corrected chi connectivity index (χ1v) is 8.07. The molecule has 1 aliphatic rings. The van der Waals surface area contributed by atoms with Crippen LogP contribution in [0.1, 0.15) is 25.8 Å². The molecule has 1 saturated heterocycles. The number of carbonyl (C=O) groups excluding carboxylic acids is 1. The van der Waals surface area contributed by atoms with Crippen LogP contribution in [0.2, 0.25) is 0 Å². The van der Waals surface area contributed by atoms with Crippen molar-refractivity contribution in [2.75, 3.05) is 26.3 Å². The van der Waals surface area contributed by atoms with Crippen molar-refractivity contribution < 1.29 is 13.9 Å². The number of benzene rings is 1. The van der Waals surface area contributed by atoms with Gasteiger partial charge in [-0.25, -0.2) is 4.39 Å². The third-order valence-electron chi connectivity index (χ3n) is 4.38. The fourth-order valence-electron chi connectivity index (χ4n) is 2.70. The molecule has 1 heterocycles. The summed E-state index contributed by atoms with van der Waals surface area (Å²) in [5.41, 5.74) is 0.183. The van der Waals surface area contributed by atoms with Gasteiger partial charge in [0.05, 0.1) is 23.2 Å². The van der Waals surface area contributed by atoms with Gasteiger partial charge in [0, 0.05) is 19.5 Å². The highest BCUT2D eigenvalue weighted by molar-refractivity contribution is 9.10. The Morgan fingerprint density at radius 1 is 1.43 bits per heavy atom. The van der Waals surface area contributed by atoms with E-state index in [9.17, 15) is 9.18 Å². The van der Waals surface area contributed by atoms with E-state index in [2.05, 4.69) is 20.8 Å². The highest BCUT2D eigenvalue weighted by atomic mass is 79.9. The second kappa shape index (κ2) is 6.99. The number of nitrogens with zero attached hydrogens (tertiary/aromatic N) is 1. The maximum atomic E-state index is 13.6. The summed E-state index contributed by atoms with van der Waals surface area (Å²) in [6.45, 7) is 6.85. The largest absolute Gasteiger partial charge is 0.379 e. The molecule has 5 heteroatoms. The van der Waals surface area contributed by atoms with Crippen molar-refractivity contribution in [3.05, 3.63) is 34.1 Å². The third-order valence-corrected chi connectivity index (χ3v) is 5.27. The van der Waals surface area contributed by atoms with E-state index in [1.54, 1.807) is 12.1 Å². The standard InChI is InChI=1S/C16H21BrFNO2/c1-3-16(2,19-7-9-21-10-8-19)14(20)11-12-5-4-6-13(18)15(12)17/h4-6H,3,7-11H2,1-2H3. The van der Waals surface area contributed by atoms with E-state index < -0.39 is 5.54 Å². The molecule has 0 aromatic heterocycles. The SMILES string of the molecule is CCC(C)(C(=O)Cc1cccc(F)c1Br)N1CCOCC1. The highest BCUT2D eigenvalue weighted by Crippen LogP contribution is 2.27. The highest BCUT2D eigenvalue weighted by Gasteiger charge is 2.38. The fourth-order valence-corrected chi connectivity index (χ4v) is 3.11. The summed E-state index contributed by atoms with van der Waals surface area (Å²) in [4.78, 5) is 15.0. The summed E-state index contributed by atoms with van der Waals surface area (Å²) in [5, 5.41) is 0. The van der Waals surface area contributed by atoms with Gasteiger partial charge in [0.25, 0.3) is 0 Å². The van der Waals surface area contributed by atoms with Crippen LogP contribution in [-0.2, 0) is 16.0 Å². The van der Waals surface area contributed by atoms with Gasteiger partial charge in [-0.1, -0.05) is 19.1 Å². The Bertz CT molecular complexity index is 517. The van der Waals surface area contributed by atoms with E-state index in [4.69, 9.17) is 4.74 Å². The van der Waals surface area contributed by atoms with Crippen LogP contribution in [0.15, 0.2) is 22.7 Å². The summed E-state index contributed by atoms with van der Waals surface area (Å²) in [5.74, 6) is -0.205. The summed E-state index contributed by atoms with van der Waals surface area (Å²) >= 11 is 3.23. The van der Waals surface area contributed by atoms with Gasteiger partial charge in [-0.2, -0.15) is 0 Å². The molecule has 1 aromatic rings. The molecule has 0 aliphatic carbocycles. The van der Waals surface area contributed by atoms with Crippen LogP contribution in [0.3, 0.4) is 0 Å². The van der Waals surface area contributed by atoms with Crippen LogP contribution in [0.4, 0.5) is 4.39 Å². The molecule has 1 aliphatic heterocycles. The predicted octanol–water partition coefficient (Wildman–Crippen LogP) is 3.20. The van der Waals surface area contributed by atoms with Crippen LogP contribution in [0, 0.1) is 5.82 Å². The van der Waals surface area contributed by atoms with Crippen molar-refractivity contribution in [1.82, 2.24) is 4.90 Å². The Morgan fingerprint density at radius 2 is 2.10 bits per heavy atom. The Balaban J connectivity index is 2.17. The zero-order valence-electron chi connectivity index (χ0n) is 12.5. The number of hydrogen-bond acceptors (Lipinski definition) is 3. The number of ether oxygens (including phenoxy) is 1. The first-order valence-electron chi connectivity index (χ1n) is 7.28. The first-order chi connectivity index (χ1) is 9.99. The molecule has 0 N–H and O–H groups in total. The Morgan fingerprint density at radius 3 is 2.71 bits per heavy atom. The summed E-state index contributed by atoms with van der Waals surface area (Å²) in [7, 11) is 0. The number of Topliss-reactive ketones (excluding diaryl/α,β-unsaturated/α-hetero) is 1. The minimum Gasteiger partial charge on any atom is -0.379 e. The van der Waals surface area contributed by atoms with Crippen molar-refractivity contribution in [2.24, 2.45) is 0 Å². The van der Waals surface area contributed by atoms with Gasteiger partial charge in [-0.05, 0) is 40.9 Å². The number of rotatable bonds is 5. The second-order valence-corrected chi connectivity index (χ2v) is 6.33. The second-order valence-electron chi connectivity index (χ2n) is 5.54. The van der Waals surface area contributed by atoms with Crippen LogP contribution >= 0.6 is 15.9 Å². The third kappa shape index (κ3) is 3.52. The minimum atomic E-state index is -0.518. The molecule has 0 radical (unpaired) electrons. The fraction of sp³-hybridized carbons (Fsp3) is 0.562. The van der Waals surface area contributed by atoms with Crippen molar-refractivity contribution in [3.63, 3.8) is 0 Å². The lowest BCUT2D eigenvalue weighted by Gasteiger charge is -2.41. The Hall–Kier alpha value is -0.780. The smallest absolute Gasteiger partial charge is 0.157 e. The molecule has 0 bridgehead atoms. The zero-order valence-corrected chi connectivity index (χ0v) is 14.1. The minimum absolute atomic E-state index is 0.123. The molecule has 0 amide bonds. The lowest BCUT2D eigenvalue weighted by molar-refractivity contribution is -0.133. The summed E-state index contributed by atoms with van der Waals surface area (Å²) in [6.07, 6.45) is 0.971. The van der Waals surface area contributed by atoms with Crippen LogP contribution < -0.4 is 0 Å². The van der Waals surface area contributed by atoms with Gasteiger partial charge >= 0.3 is 0 Å². The number of halogens is 2. The molecular formula is C16H21BrFNO2. The normalized spacial score (nSPS) is 19.2. The Labute approximate surface area is 133 Å². The first kappa shape index (κ1) is 16.6. The average Bonchev–Trinajstić information content (AvgIpc) is 2.51. The molecule has 3 nitrogen and oxygen atoms in total. The molecule has 1 aromatic carbocycles. The van der Waals surface area contributed by atoms with Crippen LogP contribution in [0.5, 0.6) is 0 Å². The van der Waals surface area contributed by atoms with Gasteiger partial charge in [-0.15, -0.1) is 0 Å². The predicted molar refractivity (Wildman–Crippen MR) is 83.9 cm³/mol. The Kier molecular flexibility index (Phi) is 5.52. The van der Waals surface area contributed by atoms with E-state index in [0.29, 0.717) is 23.2 Å². The molecule has 0 spiro atoms. The van der Waals surface area contributed by atoms with E-state index in [0.717, 1.165) is 19.5 Å². The number of ketones is 1. The molecule has 2 rings (SSSR count). The lowest BCUT2D eigenvalue weighted by atomic mass is 9.87. The van der Waals surface area contributed by atoms with Crippen molar-refractivity contribution in [2.45, 2.75) is 32.2 Å². The van der Waals surface area contributed by atoms with E-state index in [1.165, 1.54) is 6.07 Å². The maximum Gasteiger partial charge on any atom is 0.157 e. The van der Waals surface area contributed by atoms with Gasteiger partial charge in [-0.3, -0.25) is 9.69 Å². The number of hydrogen-bond donors (Lipinski definition) is 0. The van der Waals surface area contributed by atoms with Gasteiger partial charge in [0.2, 0.25) is 0 Å². The molecule has 1 unspecified atom stereocenters. The van der Waals surface area contributed by atoms with E-state index >= 15 is 0 Å². The molecule has 1 atom stereocenters. The maximum absolute atomic E-state index is 13.6. The molecule has 21 heavy (non-hydrogen) atoms. The van der Waals surface area contributed by atoms with Crippen molar-refractivity contribution in [1.29, 1.82) is 0 Å². The van der Waals surface area contributed by atoms with Crippen LogP contribution in [0.25, 0.3) is 0 Å². The summed E-state index contributed by atoms with van der Waals surface area (Å²) in [6, 6.07) is 4.82. The lowest BCUT2D eigenvalue weighted by Crippen LogP contribution is -2.56.